The molecular formula is C16H23NO3S. The third kappa shape index (κ3) is 6.23. The number of carbonyl (C=O) groups excluding carboxylic acids is 1. The van der Waals surface area contributed by atoms with Crippen LogP contribution in [0.2, 0.25) is 0 Å². The van der Waals surface area contributed by atoms with Crippen LogP contribution in [0.3, 0.4) is 0 Å². The Kier molecular flexibility index (Phi) is 7.93. The van der Waals surface area contributed by atoms with Gasteiger partial charge in [-0.3, -0.25) is 0 Å². The molecule has 0 atom stereocenters. The zero-order valence-electron chi connectivity index (χ0n) is 13.1. The second-order valence-corrected chi connectivity index (χ2v) is 5.69. The van der Waals surface area contributed by atoms with Crippen molar-refractivity contribution in [3.05, 3.63) is 34.3 Å². The van der Waals surface area contributed by atoms with E-state index in [1.807, 2.05) is 25.2 Å². The number of allylic oxidation sites excluding steroid dienone is 3. The molecule has 0 saturated carbocycles. The average Bonchev–Trinajstić information content (AvgIpc) is 2.92. The molecule has 4 nitrogen and oxygen atoms in total. The van der Waals surface area contributed by atoms with Crippen molar-refractivity contribution < 1.29 is 14.3 Å². The van der Waals surface area contributed by atoms with Crippen molar-refractivity contribution in [3.8, 4) is 0 Å². The van der Waals surface area contributed by atoms with Crippen LogP contribution in [0.1, 0.15) is 43.2 Å². The third-order valence-corrected chi connectivity index (χ3v) is 3.40. The third-order valence-electron chi connectivity index (χ3n) is 2.51. The zero-order chi connectivity index (χ0) is 15.7. The lowest BCUT2D eigenvalue weighted by atomic mass is 10.2. The number of nitrogens with zero attached hydrogens (tertiary/aromatic N) is 1. The summed E-state index contributed by atoms with van der Waals surface area (Å²) in [6.45, 7) is 9.64. The smallest absolute Gasteiger partial charge is 0.357 e. The number of rotatable bonds is 8. The van der Waals surface area contributed by atoms with Gasteiger partial charge in [-0.15, -0.1) is 11.3 Å². The molecule has 0 amide bonds. The molecule has 0 unspecified atom stereocenters. The molecule has 0 saturated heterocycles. The molecule has 0 fully saturated rings. The van der Waals surface area contributed by atoms with Crippen molar-refractivity contribution in [3.63, 3.8) is 0 Å². The highest BCUT2D eigenvalue weighted by Crippen LogP contribution is 2.21. The predicted molar refractivity (Wildman–Crippen MR) is 86.5 cm³/mol. The number of hydrogen-bond acceptors (Lipinski definition) is 5. The highest BCUT2D eigenvalue weighted by atomic mass is 32.1. The van der Waals surface area contributed by atoms with Gasteiger partial charge in [0.15, 0.2) is 5.69 Å². The average molecular weight is 309 g/mol. The molecule has 1 aromatic heterocycles. The van der Waals surface area contributed by atoms with Crippen LogP contribution in [0.5, 0.6) is 0 Å². The SMILES string of the molecule is C/C=C(\C=C/COCC(C)C)c1nc(C(=O)OCC)cs1. The standard InChI is InChI=1S/C16H23NO3S/c1-5-13(8-7-9-19-10-12(3)4)15-17-14(11-21-15)16(18)20-6-2/h5,7-8,11-12H,6,9-10H2,1-4H3/b8-7-,13-5+. The molecule has 116 valence electrons. The van der Waals surface area contributed by atoms with Crippen molar-refractivity contribution in [1.29, 1.82) is 0 Å². The first-order chi connectivity index (χ1) is 10.1. The monoisotopic (exact) mass is 309 g/mol. The van der Waals surface area contributed by atoms with Crippen LogP contribution in [0.25, 0.3) is 5.57 Å². The summed E-state index contributed by atoms with van der Waals surface area (Å²) in [7, 11) is 0. The Balaban J connectivity index is 2.61. The van der Waals surface area contributed by atoms with Gasteiger partial charge >= 0.3 is 5.97 Å². The molecule has 1 aromatic rings. The minimum atomic E-state index is -0.375. The molecule has 1 rings (SSSR count). The van der Waals surface area contributed by atoms with Gasteiger partial charge in [-0.2, -0.15) is 0 Å². The topological polar surface area (TPSA) is 48.4 Å². The van der Waals surface area contributed by atoms with E-state index >= 15 is 0 Å². The van der Waals surface area contributed by atoms with Crippen molar-refractivity contribution in [1.82, 2.24) is 4.98 Å². The van der Waals surface area contributed by atoms with E-state index in [-0.39, 0.29) is 5.97 Å². The van der Waals surface area contributed by atoms with Gasteiger partial charge in [0.05, 0.1) is 13.2 Å². The first-order valence-corrected chi connectivity index (χ1v) is 8.00. The van der Waals surface area contributed by atoms with E-state index < -0.39 is 0 Å². The van der Waals surface area contributed by atoms with Crippen LogP contribution < -0.4 is 0 Å². The van der Waals surface area contributed by atoms with Gasteiger partial charge in [0.1, 0.15) is 5.01 Å². The van der Waals surface area contributed by atoms with Crippen LogP contribution >= 0.6 is 11.3 Å². The molecule has 5 heteroatoms. The second kappa shape index (κ2) is 9.47. The van der Waals surface area contributed by atoms with E-state index in [1.165, 1.54) is 11.3 Å². The molecule has 1 heterocycles. The number of ether oxygens (including phenoxy) is 2. The Morgan fingerprint density at radius 3 is 2.86 bits per heavy atom. The first kappa shape index (κ1) is 17.6. The molecule has 0 aliphatic heterocycles. The fourth-order valence-corrected chi connectivity index (χ4v) is 2.39. The summed E-state index contributed by atoms with van der Waals surface area (Å²) in [6.07, 6.45) is 5.89. The van der Waals surface area contributed by atoms with Gasteiger partial charge in [-0.1, -0.05) is 32.1 Å². The quantitative estimate of drug-likeness (QED) is 0.414. The lowest BCUT2D eigenvalue weighted by molar-refractivity contribution is 0.0520. The van der Waals surface area contributed by atoms with Crippen LogP contribution in [0.4, 0.5) is 0 Å². The summed E-state index contributed by atoms with van der Waals surface area (Å²) in [5.74, 6) is 0.158. The normalized spacial score (nSPS) is 12.3. The molecule has 0 aliphatic carbocycles. The summed E-state index contributed by atoms with van der Waals surface area (Å²) in [5, 5.41) is 2.53. The fourth-order valence-electron chi connectivity index (χ4n) is 1.54. The van der Waals surface area contributed by atoms with Crippen molar-refractivity contribution in [2.75, 3.05) is 19.8 Å². The van der Waals surface area contributed by atoms with Gasteiger partial charge in [0, 0.05) is 17.6 Å². The van der Waals surface area contributed by atoms with Gasteiger partial charge in [-0.25, -0.2) is 9.78 Å². The molecule has 0 radical (unpaired) electrons. The number of thiazole rings is 1. The number of esters is 1. The summed E-state index contributed by atoms with van der Waals surface area (Å²) in [5.41, 5.74) is 1.34. The van der Waals surface area contributed by atoms with Gasteiger partial charge in [0.25, 0.3) is 0 Å². The van der Waals surface area contributed by atoms with Gasteiger partial charge in [0.2, 0.25) is 0 Å². The van der Waals surface area contributed by atoms with E-state index in [0.29, 0.717) is 24.8 Å². The van der Waals surface area contributed by atoms with Crippen molar-refractivity contribution in [2.24, 2.45) is 5.92 Å². The molecule has 21 heavy (non-hydrogen) atoms. The number of aromatic nitrogens is 1. The van der Waals surface area contributed by atoms with Gasteiger partial charge < -0.3 is 9.47 Å². The summed E-state index contributed by atoms with van der Waals surface area (Å²) in [6, 6.07) is 0. The van der Waals surface area contributed by atoms with Crippen LogP contribution in [-0.2, 0) is 9.47 Å². The first-order valence-electron chi connectivity index (χ1n) is 7.12. The minimum Gasteiger partial charge on any atom is -0.461 e. The van der Waals surface area contributed by atoms with E-state index in [9.17, 15) is 4.79 Å². The maximum absolute atomic E-state index is 11.6. The number of carbonyl (C=O) groups is 1. The molecular weight excluding hydrogens is 286 g/mol. The molecule has 0 spiro atoms. The largest absolute Gasteiger partial charge is 0.461 e. The Morgan fingerprint density at radius 2 is 2.24 bits per heavy atom. The summed E-state index contributed by atoms with van der Waals surface area (Å²) in [4.78, 5) is 15.9. The molecule has 0 aromatic carbocycles. The lowest BCUT2D eigenvalue weighted by Crippen LogP contribution is -2.04. The maximum atomic E-state index is 11.6. The Hall–Kier alpha value is -1.46. The lowest BCUT2D eigenvalue weighted by Gasteiger charge is -2.03. The summed E-state index contributed by atoms with van der Waals surface area (Å²) < 4.78 is 10.4. The predicted octanol–water partition coefficient (Wildman–Crippen LogP) is 3.95. The second-order valence-electron chi connectivity index (χ2n) is 4.84. The van der Waals surface area contributed by atoms with E-state index in [1.54, 1.807) is 12.3 Å². The van der Waals surface area contributed by atoms with E-state index in [0.717, 1.165) is 17.2 Å². The maximum Gasteiger partial charge on any atom is 0.357 e. The minimum absolute atomic E-state index is 0.356. The highest BCUT2D eigenvalue weighted by Gasteiger charge is 2.12. The fraction of sp³-hybridized carbons (Fsp3) is 0.500. The van der Waals surface area contributed by atoms with E-state index in [2.05, 4.69) is 18.8 Å². The molecule has 0 N–H and O–H groups in total. The summed E-state index contributed by atoms with van der Waals surface area (Å²) >= 11 is 1.43. The Labute approximate surface area is 130 Å². The van der Waals surface area contributed by atoms with Crippen molar-refractivity contribution >= 4 is 22.9 Å². The Morgan fingerprint density at radius 1 is 1.48 bits per heavy atom. The van der Waals surface area contributed by atoms with Crippen LogP contribution in [0, 0.1) is 5.92 Å². The van der Waals surface area contributed by atoms with Crippen LogP contribution in [0.15, 0.2) is 23.6 Å². The molecule has 0 bridgehead atoms. The van der Waals surface area contributed by atoms with Crippen molar-refractivity contribution in [2.45, 2.75) is 27.7 Å². The van der Waals surface area contributed by atoms with Crippen LogP contribution in [-0.4, -0.2) is 30.8 Å². The highest BCUT2D eigenvalue weighted by molar-refractivity contribution is 7.11. The Bertz CT molecular complexity index is 503. The molecule has 0 aliphatic rings. The number of hydrogen-bond donors (Lipinski definition) is 0. The van der Waals surface area contributed by atoms with Gasteiger partial charge in [-0.05, 0) is 19.8 Å². The zero-order valence-corrected chi connectivity index (χ0v) is 13.9. The van der Waals surface area contributed by atoms with E-state index in [4.69, 9.17) is 9.47 Å².